The van der Waals surface area contributed by atoms with E-state index in [9.17, 15) is 4.79 Å². The van der Waals surface area contributed by atoms with Crippen molar-refractivity contribution in [2.75, 3.05) is 6.54 Å². The van der Waals surface area contributed by atoms with Gasteiger partial charge < -0.3 is 4.90 Å². The van der Waals surface area contributed by atoms with Gasteiger partial charge in [-0.15, -0.1) is 0 Å². The van der Waals surface area contributed by atoms with Crippen molar-refractivity contribution in [2.45, 2.75) is 13.0 Å². The molecule has 1 amide bonds. The average molecular weight is 316 g/mol. The molecule has 3 aromatic rings. The topological polar surface area (TPSA) is 33.2 Å². The van der Waals surface area contributed by atoms with Gasteiger partial charge in [0, 0.05) is 18.3 Å². The van der Waals surface area contributed by atoms with Crippen molar-refractivity contribution in [2.24, 2.45) is 0 Å². The minimum atomic E-state index is 0.0391. The van der Waals surface area contributed by atoms with Gasteiger partial charge in [0.1, 0.15) is 0 Å². The van der Waals surface area contributed by atoms with Crippen LogP contribution in [-0.4, -0.2) is 22.3 Å². The van der Waals surface area contributed by atoms with E-state index < -0.39 is 0 Å². The number of amides is 1. The van der Waals surface area contributed by atoms with Gasteiger partial charge in [-0.3, -0.25) is 9.78 Å². The zero-order valence-corrected chi connectivity index (χ0v) is 13.5. The molecule has 1 heterocycles. The van der Waals surface area contributed by atoms with Gasteiger partial charge in [-0.2, -0.15) is 0 Å². The van der Waals surface area contributed by atoms with Crippen molar-refractivity contribution in [3.05, 3.63) is 102 Å². The lowest BCUT2D eigenvalue weighted by Crippen LogP contribution is -2.32. The second-order valence-corrected chi connectivity index (χ2v) is 5.65. The van der Waals surface area contributed by atoms with Crippen molar-refractivity contribution < 1.29 is 4.79 Å². The van der Waals surface area contributed by atoms with Crippen LogP contribution in [0.5, 0.6) is 0 Å². The molecule has 3 heteroatoms. The van der Waals surface area contributed by atoms with E-state index in [0.717, 1.165) is 12.1 Å². The molecule has 0 fully saturated rings. The summed E-state index contributed by atoms with van der Waals surface area (Å²) < 4.78 is 0. The molecule has 0 N–H and O–H groups in total. The van der Waals surface area contributed by atoms with Gasteiger partial charge >= 0.3 is 0 Å². The fourth-order valence-corrected chi connectivity index (χ4v) is 2.61. The fourth-order valence-electron chi connectivity index (χ4n) is 2.61. The molecule has 0 bridgehead atoms. The summed E-state index contributed by atoms with van der Waals surface area (Å²) in [5.74, 6) is 0.0391. The predicted molar refractivity (Wildman–Crippen MR) is 95.6 cm³/mol. The van der Waals surface area contributed by atoms with E-state index in [4.69, 9.17) is 0 Å². The van der Waals surface area contributed by atoms with E-state index in [0.29, 0.717) is 18.7 Å². The summed E-state index contributed by atoms with van der Waals surface area (Å²) in [5, 5.41) is 0. The zero-order valence-electron chi connectivity index (χ0n) is 13.5. The molecule has 0 aliphatic heterocycles. The third-order valence-corrected chi connectivity index (χ3v) is 3.90. The molecule has 0 spiro atoms. The highest BCUT2D eigenvalue weighted by molar-refractivity contribution is 5.94. The average Bonchev–Trinajstić information content (AvgIpc) is 2.67. The summed E-state index contributed by atoms with van der Waals surface area (Å²) in [5.41, 5.74) is 2.83. The Labute approximate surface area is 142 Å². The Kier molecular flexibility index (Phi) is 5.36. The van der Waals surface area contributed by atoms with E-state index >= 15 is 0 Å². The van der Waals surface area contributed by atoms with E-state index in [2.05, 4.69) is 17.1 Å². The summed E-state index contributed by atoms with van der Waals surface area (Å²) in [6.07, 6.45) is 2.59. The molecule has 0 saturated carbocycles. The maximum absolute atomic E-state index is 12.9. The number of carbonyl (C=O) groups excluding carboxylic acids is 1. The maximum Gasteiger partial charge on any atom is 0.254 e. The molecule has 3 rings (SSSR count). The molecule has 120 valence electrons. The first-order chi connectivity index (χ1) is 11.8. The largest absolute Gasteiger partial charge is 0.332 e. The molecule has 0 atom stereocenters. The standard InChI is InChI=1S/C21H20N2O/c24-21(19-11-5-2-6-12-19)23(17-20-13-7-8-15-22-20)16-14-18-9-3-1-4-10-18/h1-13,15H,14,16-17H2. The minimum Gasteiger partial charge on any atom is -0.332 e. The van der Waals surface area contributed by atoms with Crippen LogP contribution in [0.1, 0.15) is 21.6 Å². The Morgan fingerprint density at radius 1 is 0.833 bits per heavy atom. The molecule has 3 nitrogen and oxygen atoms in total. The van der Waals surface area contributed by atoms with Gasteiger partial charge in [0.15, 0.2) is 0 Å². The fraction of sp³-hybridized carbons (Fsp3) is 0.143. The third kappa shape index (κ3) is 4.29. The SMILES string of the molecule is O=C(c1ccccc1)N(CCc1ccccc1)Cc1ccccn1. The van der Waals surface area contributed by atoms with Crippen LogP contribution >= 0.6 is 0 Å². The quantitative estimate of drug-likeness (QED) is 0.689. The van der Waals surface area contributed by atoms with Gasteiger partial charge in [0.2, 0.25) is 0 Å². The van der Waals surface area contributed by atoms with E-state index in [1.165, 1.54) is 5.56 Å². The molecule has 0 aliphatic carbocycles. The Morgan fingerprint density at radius 3 is 2.17 bits per heavy atom. The second-order valence-electron chi connectivity index (χ2n) is 5.65. The highest BCUT2D eigenvalue weighted by Gasteiger charge is 2.16. The normalized spacial score (nSPS) is 10.3. The molecule has 2 aromatic carbocycles. The van der Waals surface area contributed by atoms with Crippen LogP contribution in [0.2, 0.25) is 0 Å². The predicted octanol–water partition coefficient (Wildman–Crippen LogP) is 3.97. The van der Waals surface area contributed by atoms with Gasteiger partial charge in [-0.05, 0) is 36.2 Å². The van der Waals surface area contributed by atoms with Crippen LogP contribution < -0.4 is 0 Å². The Balaban J connectivity index is 1.76. The third-order valence-electron chi connectivity index (χ3n) is 3.90. The molecular formula is C21H20N2O. The van der Waals surface area contributed by atoms with Gasteiger partial charge in [-0.25, -0.2) is 0 Å². The zero-order chi connectivity index (χ0) is 16.6. The monoisotopic (exact) mass is 316 g/mol. The first-order valence-electron chi connectivity index (χ1n) is 8.11. The number of hydrogen-bond donors (Lipinski definition) is 0. The van der Waals surface area contributed by atoms with Crippen LogP contribution in [0.15, 0.2) is 85.1 Å². The van der Waals surface area contributed by atoms with E-state index in [1.54, 1.807) is 6.20 Å². The number of carbonyl (C=O) groups is 1. The summed E-state index contributed by atoms with van der Waals surface area (Å²) in [7, 11) is 0. The number of nitrogens with zero attached hydrogens (tertiary/aromatic N) is 2. The van der Waals surface area contributed by atoms with Gasteiger partial charge in [0.05, 0.1) is 12.2 Å². The molecule has 0 radical (unpaired) electrons. The lowest BCUT2D eigenvalue weighted by molar-refractivity contribution is 0.0743. The molecule has 1 aromatic heterocycles. The van der Waals surface area contributed by atoms with Crippen LogP contribution in [0.25, 0.3) is 0 Å². The highest BCUT2D eigenvalue weighted by Crippen LogP contribution is 2.11. The van der Waals surface area contributed by atoms with Crippen LogP contribution in [0, 0.1) is 0 Å². The smallest absolute Gasteiger partial charge is 0.254 e. The number of rotatable bonds is 6. The first kappa shape index (κ1) is 15.9. The summed E-state index contributed by atoms with van der Waals surface area (Å²) in [6, 6.07) is 25.4. The summed E-state index contributed by atoms with van der Waals surface area (Å²) in [6.45, 7) is 1.18. The van der Waals surface area contributed by atoms with E-state index in [1.807, 2.05) is 71.6 Å². The molecule has 0 aliphatic rings. The Bertz CT molecular complexity index is 758. The van der Waals surface area contributed by atoms with Crippen molar-refractivity contribution in [3.63, 3.8) is 0 Å². The number of pyridine rings is 1. The van der Waals surface area contributed by atoms with Crippen molar-refractivity contribution in [1.29, 1.82) is 0 Å². The number of aromatic nitrogens is 1. The molecule has 0 unspecified atom stereocenters. The summed E-state index contributed by atoms with van der Waals surface area (Å²) >= 11 is 0. The van der Waals surface area contributed by atoms with Gasteiger partial charge in [-0.1, -0.05) is 54.6 Å². The van der Waals surface area contributed by atoms with Crippen LogP contribution in [-0.2, 0) is 13.0 Å². The Morgan fingerprint density at radius 2 is 1.50 bits per heavy atom. The number of benzene rings is 2. The van der Waals surface area contributed by atoms with Crippen LogP contribution in [0.4, 0.5) is 0 Å². The van der Waals surface area contributed by atoms with Crippen molar-refractivity contribution in [3.8, 4) is 0 Å². The van der Waals surface area contributed by atoms with Crippen molar-refractivity contribution >= 4 is 5.91 Å². The minimum absolute atomic E-state index is 0.0391. The maximum atomic E-state index is 12.9. The summed E-state index contributed by atoms with van der Waals surface area (Å²) in [4.78, 5) is 19.1. The van der Waals surface area contributed by atoms with Gasteiger partial charge in [0.25, 0.3) is 5.91 Å². The molecule has 0 saturated heterocycles. The Hall–Kier alpha value is -2.94. The highest BCUT2D eigenvalue weighted by atomic mass is 16.2. The lowest BCUT2D eigenvalue weighted by Gasteiger charge is -2.22. The number of hydrogen-bond acceptors (Lipinski definition) is 2. The molecular weight excluding hydrogens is 296 g/mol. The van der Waals surface area contributed by atoms with Crippen molar-refractivity contribution in [1.82, 2.24) is 9.88 Å². The first-order valence-corrected chi connectivity index (χ1v) is 8.11. The lowest BCUT2D eigenvalue weighted by atomic mass is 10.1. The van der Waals surface area contributed by atoms with Crippen LogP contribution in [0.3, 0.4) is 0 Å². The molecule has 24 heavy (non-hydrogen) atoms. The van der Waals surface area contributed by atoms with E-state index in [-0.39, 0.29) is 5.91 Å². The second kappa shape index (κ2) is 8.06.